The van der Waals surface area contributed by atoms with Crippen LogP contribution in [0.3, 0.4) is 0 Å². The van der Waals surface area contributed by atoms with Gasteiger partial charge >= 0.3 is 0 Å². The molecule has 0 atom stereocenters. The molecule has 0 unspecified atom stereocenters. The van der Waals surface area contributed by atoms with Gasteiger partial charge in [-0.15, -0.1) is 0 Å². The first-order valence-electron chi connectivity index (χ1n) is 6.47. The van der Waals surface area contributed by atoms with E-state index < -0.39 is 0 Å². The third kappa shape index (κ3) is 2.51. The van der Waals surface area contributed by atoms with E-state index in [1.165, 1.54) is 5.56 Å². The quantitative estimate of drug-likeness (QED) is 0.735. The minimum absolute atomic E-state index is 0.128. The molecule has 2 rings (SSSR count). The molecule has 0 saturated heterocycles. The van der Waals surface area contributed by atoms with Gasteiger partial charge in [0.05, 0.1) is 0 Å². The van der Waals surface area contributed by atoms with Crippen LogP contribution in [0.4, 0.5) is 0 Å². The molecule has 0 heterocycles. The minimum Gasteiger partial charge on any atom is -0.289 e. The highest BCUT2D eigenvalue weighted by atomic mass is 16.1. The second kappa shape index (κ2) is 5.63. The van der Waals surface area contributed by atoms with E-state index in [0.29, 0.717) is 0 Å². The van der Waals surface area contributed by atoms with Crippen LogP contribution >= 0.6 is 0 Å². The summed E-state index contributed by atoms with van der Waals surface area (Å²) in [7, 11) is 0. The Balaban J connectivity index is 2.46. The molecule has 1 heteroatoms. The Morgan fingerprint density at radius 1 is 0.944 bits per heavy atom. The highest BCUT2D eigenvalue weighted by Gasteiger charge is 2.12. The molecular formula is C17H18O. The van der Waals surface area contributed by atoms with Crippen molar-refractivity contribution in [1.29, 1.82) is 0 Å². The molecule has 0 bridgehead atoms. The molecule has 0 amide bonds. The van der Waals surface area contributed by atoms with Crippen LogP contribution in [0.1, 0.15) is 40.9 Å². The van der Waals surface area contributed by atoms with Crippen LogP contribution in [0.5, 0.6) is 0 Å². The van der Waals surface area contributed by atoms with Gasteiger partial charge in [-0.2, -0.15) is 0 Å². The second-order valence-corrected chi connectivity index (χ2v) is 4.39. The van der Waals surface area contributed by atoms with Crippen molar-refractivity contribution in [1.82, 2.24) is 0 Å². The van der Waals surface area contributed by atoms with E-state index in [9.17, 15) is 4.79 Å². The zero-order valence-electron chi connectivity index (χ0n) is 10.9. The van der Waals surface area contributed by atoms with Gasteiger partial charge in [-0.05, 0) is 30.0 Å². The summed E-state index contributed by atoms with van der Waals surface area (Å²) in [5.74, 6) is 0.128. The predicted octanol–water partition coefficient (Wildman–Crippen LogP) is 4.04. The summed E-state index contributed by atoms with van der Waals surface area (Å²) in [6.07, 6.45) is 1.84. The van der Waals surface area contributed by atoms with Gasteiger partial charge in [-0.3, -0.25) is 4.79 Å². The predicted molar refractivity (Wildman–Crippen MR) is 75.1 cm³/mol. The highest BCUT2D eigenvalue weighted by molar-refractivity contribution is 6.10. The maximum Gasteiger partial charge on any atom is 0.193 e. The first-order chi connectivity index (χ1) is 8.76. The van der Waals surface area contributed by atoms with Crippen molar-refractivity contribution in [3.05, 3.63) is 70.8 Å². The lowest BCUT2D eigenvalue weighted by atomic mass is 9.94. The lowest BCUT2D eigenvalue weighted by Crippen LogP contribution is -2.05. The van der Waals surface area contributed by atoms with Gasteiger partial charge in [0.1, 0.15) is 0 Å². The first kappa shape index (κ1) is 12.6. The fourth-order valence-corrected chi connectivity index (χ4v) is 2.11. The Labute approximate surface area is 108 Å². The van der Waals surface area contributed by atoms with E-state index in [-0.39, 0.29) is 5.78 Å². The van der Waals surface area contributed by atoms with E-state index in [4.69, 9.17) is 0 Å². The fourth-order valence-electron chi connectivity index (χ4n) is 2.11. The molecule has 0 radical (unpaired) electrons. The Morgan fingerprint density at radius 2 is 1.67 bits per heavy atom. The maximum absolute atomic E-state index is 12.5. The average Bonchev–Trinajstić information content (AvgIpc) is 2.46. The summed E-state index contributed by atoms with van der Waals surface area (Å²) < 4.78 is 0. The average molecular weight is 238 g/mol. The number of benzene rings is 2. The summed E-state index contributed by atoms with van der Waals surface area (Å²) in [6, 6.07) is 15.7. The van der Waals surface area contributed by atoms with Crippen LogP contribution in [0.25, 0.3) is 0 Å². The molecular weight excluding hydrogens is 220 g/mol. The van der Waals surface area contributed by atoms with Crippen molar-refractivity contribution in [2.24, 2.45) is 0 Å². The maximum atomic E-state index is 12.5. The van der Waals surface area contributed by atoms with Crippen LogP contribution in [-0.2, 0) is 12.8 Å². The molecule has 0 aliphatic heterocycles. The first-order valence-corrected chi connectivity index (χ1v) is 6.47. The van der Waals surface area contributed by atoms with Crippen molar-refractivity contribution in [2.75, 3.05) is 0 Å². The molecule has 2 aromatic carbocycles. The minimum atomic E-state index is 0.128. The Morgan fingerprint density at radius 3 is 2.28 bits per heavy atom. The van der Waals surface area contributed by atoms with Gasteiger partial charge in [-0.1, -0.05) is 56.3 Å². The van der Waals surface area contributed by atoms with Crippen LogP contribution < -0.4 is 0 Å². The molecule has 0 spiro atoms. The van der Waals surface area contributed by atoms with Gasteiger partial charge in [0.25, 0.3) is 0 Å². The summed E-state index contributed by atoms with van der Waals surface area (Å²) in [5, 5.41) is 0. The Kier molecular flexibility index (Phi) is 3.93. The molecule has 0 aromatic heterocycles. The number of hydrogen-bond acceptors (Lipinski definition) is 1. The van der Waals surface area contributed by atoms with Crippen molar-refractivity contribution < 1.29 is 4.79 Å². The number of rotatable bonds is 4. The Hall–Kier alpha value is -1.89. The van der Waals surface area contributed by atoms with Crippen molar-refractivity contribution in [3.63, 3.8) is 0 Å². The molecule has 2 aromatic rings. The van der Waals surface area contributed by atoms with Gasteiger partial charge in [0.15, 0.2) is 5.78 Å². The van der Waals surface area contributed by atoms with Gasteiger partial charge in [0, 0.05) is 11.1 Å². The van der Waals surface area contributed by atoms with Crippen LogP contribution in [-0.4, -0.2) is 5.78 Å². The summed E-state index contributed by atoms with van der Waals surface area (Å²) >= 11 is 0. The topological polar surface area (TPSA) is 17.1 Å². The number of carbonyl (C=O) groups is 1. The zero-order chi connectivity index (χ0) is 13.0. The molecule has 0 N–H and O–H groups in total. The Bertz CT molecular complexity index is 541. The summed E-state index contributed by atoms with van der Waals surface area (Å²) in [6.45, 7) is 4.19. The SMILES string of the molecule is CCc1ccc(CC)c(C(=O)c2ccccc2)c1. The standard InChI is InChI=1S/C17H18O/c1-3-13-10-11-14(4-2)16(12-13)17(18)15-8-6-5-7-9-15/h5-12H,3-4H2,1-2H3. The number of hydrogen-bond donors (Lipinski definition) is 0. The lowest BCUT2D eigenvalue weighted by Gasteiger charge is -2.09. The lowest BCUT2D eigenvalue weighted by molar-refractivity contribution is 0.103. The van der Waals surface area contributed by atoms with Gasteiger partial charge in [0.2, 0.25) is 0 Å². The third-order valence-electron chi connectivity index (χ3n) is 3.24. The van der Waals surface area contributed by atoms with Crippen molar-refractivity contribution >= 4 is 5.78 Å². The number of carbonyl (C=O) groups excluding carboxylic acids is 1. The zero-order valence-corrected chi connectivity index (χ0v) is 10.9. The molecule has 18 heavy (non-hydrogen) atoms. The highest BCUT2D eigenvalue weighted by Crippen LogP contribution is 2.17. The van der Waals surface area contributed by atoms with E-state index in [2.05, 4.69) is 26.0 Å². The van der Waals surface area contributed by atoms with Crippen LogP contribution in [0.2, 0.25) is 0 Å². The van der Waals surface area contributed by atoms with E-state index in [0.717, 1.165) is 29.5 Å². The molecule has 0 fully saturated rings. The molecule has 92 valence electrons. The van der Waals surface area contributed by atoms with Crippen molar-refractivity contribution in [3.8, 4) is 0 Å². The molecule has 0 saturated carbocycles. The van der Waals surface area contributed by atoms with Crippen LogP contribution in [0.15, 0.2) is 48.5 Å². The molecule has 1 nitrogen and oxygen atoms in total. The van der Waals surface area contributed by atoms with Gasteiger partial charge < -0.3 is 0 Å². The van der Waals surface area contributed by atoms with Crippen LogP contribution in [0, 0.1) is 0 Å². The normalized spacial score (nSPS) is 10.3. The summed E-state index contributed by atoms with van der Waals surface area (Å²) in [4.78, 5) is 12.5. The monoisotopic (exact) mass is 238 g/mol. The molecule has 0 aliphatic rings. The fraction of sp³-hybridized carbons (Fsp3) is 0.235. The third-order valence-corrected chi connectivity index (χ3v) is 3.24. The number of ketones is 1. The van der Waals surface area contributed by atoms with Gasteiger partial charge in [-0.25, -0.2) is 0 Å². The number of aryl methyl sites for hydroxylation is 2. The smallest absolute Gasteiger partial charge is 0.193 e. The second-order valence-electron chi connectivity index (χ2n) is 4.39. The molecule has 0 aliphatic carbocycles. The van der Waals surface area contributed by atoms with Crippen molar-refractivity contribution in [2.45, 2.75) is 26.7 Å². The van der Waals surface area contributed by atoms with E-state index >= 15 is 0 Å². The van der Waals surface area contributed by atoms with E-state index in [1.54, 1.807) is 0 Å². The largest absolute Gasteiger partial charge is 0.289 e. The summed E-state index contributed by atoms with van der Waals surface area (Å²) in [5.41, 5.74) is 3.95. The van der Waals surface area contributed by atoms with E-state index in [1.807, 2.05) is 36.4 Å².